The zero-order valence-corrected chi connectivity index (χ0v) is 41.6. The minimum Gasteiger partial charge on any atom is -0.509 e. The van der Waals surface area contributed by atoms with E-state index >= 15 is 0 Å². The first-order valence-corrected chi connectivity index (χ1v) is 22.5. The Labute approximate surface area is 394 Å². The second kappa shape index (κ2) is 15.1. The summed E-state index contributed by atoms with van der Waals surface area (Å²) in [5, 5.41) is 2.25. The SMILES string of the molecule is Cc1cc2c(cc1C)[N@@+]1(c3cccc(C(C)(C)C(C)(C)C)c3)[CH-][N+]21c1[c-]c(Oc2[c-]c3c(cc2)c2ccccc2n3-c2cc(C(C)(C)C)ccn2)cc(-c2ccccc2C(C)C)c1.[Pt]. The van der Waals surface area contributed by atoms with Crippen LogP contribution in [0.25, 0.3) is 38.8 Å². The van der Waals surface area contributed by atoms with Gasteiger partial charge in [-0.05, 0) is 93.0 Å². The first kappa shape index (κ1) is 43.9. The van der Waals surface area contributed by atoms with Crippen LogP contribution in [0.2, 0.25) is 0 Å². The smallest absolute Gasteiger partial charge is 0.225 e. The monoisotopic (exact) mass is 1020 g/mol. The van der Waals surface area contributed by atoms with Crippen molar-refractivity contribution in [1.29, 1.82) is 0 Å². The molecular weight excluding hydrogens is 964 g/mol. The van der Waals surface area contributed by atoms with E-state index in [0.717, 1.165) is 38.9 Å². The standard InChI is InChI=1S/C58H59N4O.Pt/c1-37(2)47-20-13-14-21-48(47)40-30-44(62-36-61(62,53-28-38(3)39(4)29-54(53)62)43-19-17-18-42(32-43)58(11,12)57(8,9)10)34-46(31-40)63-45-24-25-50-49-22-15-16-23-51(49)60(52(50)35-45)55-33-41(26-27-59-55)56(5,6)7;/h13-33,36-37H,1-12H3;/q-1;/t61-,62?;/m0./s1. The van der Waals surface area contributed by atoms with Gasteiger partial charge >= 0.3 is 0 Å². The van der Waals surface area contributed by atoms with Crippen LogP contribution >= 0.6 is 0 Å². The summed E-state index contributed by atoms with van der Waals surface area (Å²) < 4.78 is 10.4. The maximum atomic E-state index is 7.03. The van der Waals surface area contributed by atoms with E-state index in [1.807, 2.05) is 12.3 Å². The van der Waals surface area contributed by atoms with Gasteiger partial charge in [0, 0.05) is 68.5 Å². The zero-order chi connectivity index (χ0) is 44.4. The van der Waals surface area contributed by atoms with Gasteiger partial charge in [-0.2, -0.15) is 10.7 Å². The number of quaternary nitrogens is 2. The first-order valence-electron chi connectivity index (χ1n) is 22.5. The molecule has 0 bridgehead atoms. The Morgan fingerprint density at radius 2 is 1.36 bits per heavy atom. The number of rotatable bonds is 8. The number of fused-ring (bicyclic) bond motifs is 7. The Morgan fingerprint density at radius 3 is 2.08 bits per heavy atom. The van der Waals surface area contributed by atoms with Gasteiger partial charge in [0.2, 0.25) is 11.4 Å². The number of aryl methyl sites for hydroxylation is 2. The number of hydrogen-bond acceptors (Lipinski definition) is 2. The van der Waals surface area contributed by atoms with Gasteiger partial charge in [-0.3, -0.25) is 0 Å². The number of benzene rings is 6. The molecule has 328 valence electrons. The molecule has 2 atom stereocenters. The fraction of sp³-hybridized carbons (Fsp3) is 0.276. The molecule has 0 spiro atoms. The van der Waals surface area contributed by atoms with E-state index < -0.39 is 0 Å². The van der Waals surface area contributed by atoms with Crippen molar-refractivity contribution in [2.75, 3.05) is 0 Å². The molecule has 0 amide bonds. The molecule has 0 N–H and O–H groups in total. The van der Waals surface area contributed by atoms with E-state index in [0.29, 0.717) is 26.6 Å². The minimum atomic E-state index is -0.0493. The molecule has 8 aromatic rings. The summed E-state index contributed by atoms with van der Waals surface area (Å²) in [6.45, 7) is 30.0. The second-order valence-electron chi connectivity index (χ2n) is 20.9. The van der Waals surface area contributed by atoms with Crippen LogP contribution in [0.5, 0.6) is 11.5 Å². The predicted molar refractivity (Wildman–Crippen MR) is 263 cm³/mol. The predicted octanol–water partition coefficient (Wildman–Crippen LogP) is 15.9. The van der Waals surface area contributed by atoms with Crippen LogP contribution in [-0.2, 0) is 31.9 Å². The summed E-state index contributed by atoms with van der Waals surface area (Å²) in [4.78, 5) is 4.92. The molecule has 5 nitrogen and oxygen atoms in total. The number of pyridine rings is 1. The average molecular weight is 1020 g/mol. The van der Waals surface area contributed by atoms with Gasteiger partial charge in [0.1, 0.15) is 5.82 Å². The molecule has 1 fully saturated rings. The Bertz CT molecular complexity index is 3140. The van der Waals surface area contributed by atoms with Crippen molar-refractivity contribution in [1.82, 2.24) is 18.7 Å². The maximum Gasteiger partial charge on any atom is 0.225 e. The van der Waals surface area contributed by atoms with Crippen molar-refractivity contribution in [2.45, 2.75) is 99.8 Å². The zero-order valence-electron chi connectivity index (χ0n) is 39.3. The molecule has 10 rings (SSSR count). The number of aromatic nitrogens is 2. The third-order valence-electron chi connectivity index (χ3n) is 14.6. The van der Waals surface area contributed by atoms with Crippen molar-refractivity contribution in [2.24, 2.45) is 5.41 Å². The summed E-state index contributed by atoms with van der Waals surface area (Å²) in [6.07, 6.45) is 1.92. The molecular formula is C58H59N4OPt-. The number of hydrogen-bond donors (Lipinski definition) is 0. The van der Waals surface area contributed by atoms with Gasteiger partial charge in [-0.1, -0.05) is 141 Å². The summed E-state index contributed by atoms with van der Waals surface area (Å²) >= 11 is 0. The Balaban J connectivity index is 0.00000518. The third-order valence-corrected chi connectivity index (χ3v) is 14.6. The van der Waals surface area contributed by atoms with Gasteiger partial charge in [0.05, 0.1) is 5.69 Å². The second-order valence-corrected chi connectivity index (χ2v) is 20.9. The van der Waals surface area contributed by atoms with Crippen molar-refractivity contribution in [3.8, 4) is 28.4 Å². The van der Waals surface area contributed by atoms with Crippen molar-refractivity contribution < 1.29 is 25.8 Å². The summed E-state index contributed by atoms with van der Waals surface area (Å²) in [6, 6.07) is 52.1. The van der Waals surface area contributed by atoms with Gasteiger partial charge < -0.3 is 9.30 Å². The molecule has 6 heteroatoms. The van der Waals surface area contributed by atoms with Crippen LogP contribution in [-0.4, -0.2) is 9.55 Å². The van der Waals surface area contributed by atoms with Crippen LogP contribution in [0.3, 0.4) is 0 Å². The maximum absolute atomic E-state index is 7.03. The molecule has 0 radical (unpaired) electrons. The Hall–Kier alpha value is -5.32. The minimum absolute atomic E-state index is 0. The molecule has 0 aliphatic carbocycles. The molecule has 0 saturated carbocycles. The van der Waals surface area contributed by atoms with Crippen molar-refractivity contribution >= 4 is 44.6 Å². The van der Waals surface area contributed by atoms with Crippen LogP contribution in [0.15, 0.2) is 128 Å². The molecule has 1 unspecified atom stereocenters. The van der Waals surface area contributed by atoms with Crippen molar-refractivity contribution in [3.05, 3.63) is 174 Å². The number of ether oxygens (including phenoxy) is 1. The summed E-state index contributed by atoms with van der Waals surface area (Å²) in [5.74, 6) is 2.47. The normalized spacial score (nSPS) is 18.1. The third kappa shape index (κ3) is 6.56. The topological polar surface area (TPSA) is 27.1 Å². The van der Waals surface area contributed by atoms with Gasteiger partial charge in [-0.15, -0.1) is 29.1 Å². The van der Waals surface area contributed by atoms with E-state index in [9.17, 15) is 0 Å². The van der Waals surface area contributed by atoms with Crippen LogP contribution < -0.4 is 13.9 Å². The average Bonchev–Trinajstić information content (AvgIpc) is 3.76. The van der Waals surface area contributed by atoms with Crippen LogP contribution in [0.1, 0.15) is 103 Å². The quantitative estimate of drug-likeness (QED) is 0.0862. The van der Waals surface area contributed by atoms with Gasteiger partial charge in [0.25, 0.3) is 0 Å². The van der Waals surface area contributed by atoms with E-state index in [4.69, 9.17) is 9.72 Å². The van der Waals surface area contributed by atoms with Crippen molar-refractivity contribution in [3.63, 3.8) is 0 Å². The first-order chi connectivity index (χ1) is 29.8. The molecule has 64 heavy (non-hydrogen) atoms. The summed E-state index contributed by atoms with van der Waals surface area (Å²) in [5.41, 5.74) is 15.6. The van der Waals surface area contributed by atoms with Crippen LogP contribution in [0.4, 0.5) is 22.7 Å². The molecule has 1 saturated heterocycles. The van der Waals surface area contributed by atoms with E-state index in [-0.39, 0.29) is 37.3 Å². The van der Waals surface area contributed by atoms with E-state index in [1.54, 1.807) is 0 Å². The Kier molecular flexibility index (Phi) is 10.4. The largest absolute Gasteiger partial charge is 0.509 e. The molecule has 4 heterocycles. The van der Waals surface area contributed by atoms with E-state index in [1.165, 1.54) is 50.4 Å². The molecule has 2 aromatic heterocycles. The molecule has 6 aromatic carbocycles. The van der Waals surface area contributed by atoms with Crippen LogP contribution in [0, 0.1) is 38.1 Å². The van der Waals surface area contributed by atoms with E-state index in [2.05, 4.69) is 222 Å². The molecule has 2 aliphatic rings. The Morgan fingerprint density at radius 1 is 0.656 bits per heavy atom. The van der Waals surface area contributed by atoms with Gasteiger partial charge in [0.15, 0.2) is 12.4 Å². The number of nitrogens with zero attached hydrogens (tertiary/aromatic N) is 4. The van der Waals surface area contributed by atoms with Gasteiger partial charge in [-0.25, -0.2) is 9.58 Å². The fourth-order valence-electron chi connectivity index (χ4n) is 9.74. The molecule has 2 aliphatic heterocycles. The summed E-state index contributed by atoms with van der Waals surface area (Å²) in [7, 11) is 0. The fourth-order valence-corrected chi connectivity index (χ4v) is 9.74. The number of para-hydroxylation sites is 1.